The molecule has 10 heteroatoms. The molecule has 8 nitrogen and oxygen atoms in total. The molecule has 2 aromatic carbocycles. The summed E-state index contributed by atoms with van der Waals surface area (Å²) in [4.78, 5) is 32.3. The minimum Gasteiger partial charge on any atom is -0.436 e. The lowest BCUT2D eigenvalue weighted by Gasteiger charge is -2.03. The molecule has 3 aromatic heterocycles. The van der Waals surface area contributed by atoms with E-state index in [0.717, 1.165) is 16.9 Å². The molecular formula is C21H11ClN4O4S. The van der Waals surface area contributed by atoms with E-state index in [9.17, 15) is 14.9 Å². The lowest BCUT2D eigenvalue weighted by molar-refractivity contribution is -0.382. The van der Waals surface area contributed by atoms with Crippen LogP contribution in [0, 0.1) is 10.1 Å². The van der Waals surface area contributed by atoms with Crippen molar-refractivity contribution < 1.29 is 14.1 Å². The molecule has 1 N–H and O–H groups in total. The molecule has 0 aliphatic heterocycles. The van der Waals surface area contributed by atoms with Crippen molar-refractivity contribution in [3.63, 3.8) is 0 Å². The fourth-order valence-corrected chi connectivity index (χ4v) is 4.66. The minimum absolute atomic E-state index is 0.0876. The zero-order chi connectivity index (χ0) is 21.5. The third-order valence-electron chi connectivity index (χ3n) is 4.59. The van der Waals surface area contributed by atoms with Crippen LogP contribution < -0.4 is 5.32 Å². The molecule has 0 spiro atoms. The normalized spacial score (nSPS) is 11.1. The van der Waals surface area contributed by atoms with Gasteiger partial charge < -0.3 is 9.73 Å². The monoisotopic (exact) mass is 450 g/mol. The topological polar surface area (TPSA) is 111 Å². The summed E-state index contributed by atoms with van der Waals surface area (Å²) in [6.07, 6.45) is 3.31. The molecule has 0 fully saturated rings. The Labute approximate surface area is 183 Å². The number of nitrogens with zero attached hydrogens (tertiary/aromatic N) is 3. The number of benzene rings is 2. The number of pyridine rings is 1. The lowest BCUT2D eigenvalue weighted by Crippen LogP contribution is -2.10. The Hall–Kier alpha value is -3.82. The molecule has 152 valence electrons. The molecule has 0 atom stereocenters. The number of non-ortho nitro benzene ring substituents is 1. The summed E-state index contributed by atoms with van der Waals surface area (Å²) >= 11 is 7.34. The number of fused-ring (bicyclic) bond motifs is 2. The zero-order valence-corrected chi connectivity index (χ0v) is 17.1. The van der Waals surface area contributed by atoms with Crippen LogP contribution in [-0.4, -0.2) is 20.8 Å². The summed E-state index contributed by atoms with van der Waals surface area (Å²) in [6.45, 7) is 0. The van der Waals surface area contributed by atoms with E-state index in [4.69, 9.17) is 16.0 Å². The highest BCUT2D eigenvalue weighted by Crippen LogP contribution is 2.40. The predicted molar refractivity (Wildman–Crippen MR) is 119 cm³/mol. The third-order valence-corrected chi connectivity index (χ3v) is 6.32. The number of carbonyl (C=O) groups is 1. The van der Waals surface area contributed by atoms with Crippen LogP contribution in [0.2, 0.25) is 5.02 Å². The number of anilines is 1. The van der Waals surface area contributed by atoms with E-state index in [-0.39, 0.29) is 15.6 Å². The Balaban J connectivity index is 1.47. The maximum atomic E-state index is 12.8. The summed E-state index contributed by atoms with van der Waals surface area (Å²) in [5, 5.41) is 14.7. The number of aromatic nitrogens is 2. The molecule has 1 amide bonds. The SMILES string of the molecule is O=C(Nc1ccc2oc(-c3cccnc3)nc2c1)c1sc2c([N+](=O)[O-])cccc2c1Cl. The number of carbonyl (C=O) groups excluding carboxylic acids is 1. The molecule has 3 heterocycles. The average Bonchev–Trinajstić information content (AvgIpc) is 3.35. The van der Waals surface area contributed by atoms with Crippen molar-refractivity contribution >= 4 is 61.4 Å². The van der Waals surface area contributed by atoms with Crippen LogP contribution in [0.3, 0.4) is 0 Å². The predicted octanol–water partition coefficient (Wildman–Crippen LogP) is 5.92. The molecule has 31 heavy (non-hydrogen) atoms. The van der Waals surface area contributed by atoms with Crippen molar-refractivity contribution in [1.29, 1.82) is 0 Å². The van der Waals surface area contributed by atoms with Gasteiger partial charge in [-0.05, 0) is 30.3 Å². The van der Waals surface area contributed by atoms with Crippen molar-refractivity contribution in [1.82, 2.24) is 9.97 Å². The van der Waals surface area contributed by atoms with Gasteiger partial charge in [-0.3, -0.25) is 19.9 Å². The third kappa shape index (κ3) is 3.39. The molecule has 5 rings (SSSR count). The van der Waals surface area contributed by atoms with E-state index in [1.54, 1.807) is 48.8 Å². The molecule has 0 aliphatic rings. The number of amides is 1. The van der Waals surface area contributed by atoms with Crippen molar-refractivity contribution in [2.75, 3.05) is 5.32 Å². The molecule has 0 aliphatic carbocycles. The highest BCUT2D eigenvalue weighted by atomic mass is 35.5. The first kappa shape index (κ1) is 19.2. The number of hydrogen-bond donors (Lipinski definition) is 1. The second-order valence-corrected chi connectivity index (χ2v) is 7.95. The van der Waals surface area contributed by atoms with Gasteiger partial charge in [-0.15, -0.1) is 11.3 Å². The van der Waals surface area contributed by atoms with Gasteiger partial charge in [0.2, 0.25) is 5.89 Å². The van der Waals surface area contributed by atoms with Crippen molar-refractivity contribution in [3.8, 4) is 11.5 Å². The summed E-state index contributed by atoms with van der Waals surface area (Å²) in [5.41, 5.74) is 2.27. The Bertz CT molecular complexity index is 1480. The van der Waals surface area contributed by atoms with E-state index in [0.29, 0.717) is 32.8 Å². The molecule has 0 bridgehead atoms. The smallest absolute Gasteiger partial charge is 0.287 e. The Morgan fingerprint density at radius 2 is 2.06 bits per heavy atom. The molecule has 0 unspecified atom stereocenters. The van der Waals surface area contributed by atoms with E-state index < -0.39 is 10.8 Å². The number of nitrogens with one attached hydrogen (secondary N) is 1. The highest BCUT2D eigenvalue weighted by molar-refractivity contribution is 7.22. The van der Waals surface area contributed by atoms with Crippen LogP contribution in [0.1, 0.15) is 9.67 Å². The minimum atomic E-state index is -0.491. The highest BCUT2D eigenvalue weighted by Gasteiger charge is 2.23. The van der Waals surface area contributed by atoms with Crippen molar-refractivity contribution in [2.24, 2.45) is 0 Å². The molecule has 0 radical (unpaired) electrons. The number of nitro benzene ring substituents is 1. The van der Waals surface area contributed by atoms with E-state index >= 15 is 0 Å². The standard InChI is InChI=1S/C21H11ClN4O4S/c22-17-13-4-1-5-15(26(28)29)18(13)31-19(17)20(27)24-12-6-7-16-14(9-12)25-21(30-16)11-3-2-8-23-10-11/h1-10H,(H,24,27). The van der Waals surface area contributed by atoms with E-state index in [1.807, 2.05) is 6.07 Å². The fraction of sp³-hybridized carbons (Fsp3) is 0. The average molecular weight is 451 g/mol. The van der Waals surface area contributed by atoms with Crippen molar-refractivity contribution in [3.05, 3.63) is 80.9 Å². The summed E-state index contributed by atoms with van der Waals surface area (Å²) in [6, 6.07) is 13.3. The number of oxazole rings is 1. The number of thiophene rings is 1. The first-order chi connectivity index (χ1) is 15.0. The van der Waals surface area contributed by atoms with Gasteiger partial charge in [-0.2, -0.15) is 0 Å². The van der Waals surface area contributed by atoms with Crippen molar-refractivity contribution in [2.45, 2.75) is 0 Å². The van der Waals surface area contributed by atoms with Crippen LogP contribution in [0.25, 0.3) is 32.6 Å². The number of hydrogen-bond acceptors (Lipinski definition) is 7. The molecule has 5 aromatic rings. The van der Waals surface area contributed by atoms with Gasteiger partial charge >= 0.3 is 0 Å². The van der Waals surface area contributed by atoms with Crippen LogP contribution in [0.15, 0.2) is 65.3 Å². The molecule has 0 saturated heterocycles. The maximum Gasteiger partial charge on any atom is 0.287 e. The van der Waals surface area contributed by atoms with E-state index in [2.05, 4.69) is 15.3 Å². The number of nitro groups is 1. The summed E-state index contributed by atoms with van der Waals surface area (Å²) < 4.78 is 6.10. The first-order valence-corrected chi connectivity index (χ1v) is 10.2. The van der Waals surface area contributed by atoms with Gasteiger partial charge in [0, 0.05) is 29.5 Å². The molecule has 0 saturated carbocycles. The lowest BCUT2D eigenvalue weighted by atomic mass is 10.2. The fourth-order valence-electron chi connectivity index (χ4n) is 3.17. The quantitative estimate of drug-likeness (QED) is 0.269. The number of rotatable bonds is 4. The van der Waals surface area contributed by atoms with Gasteiger partial charge in [0.05, 0.1) is 15.5 Å². The summed E-state index contributed by atoms with van der Waals surface area (Å²) in [5.74, 6) is -0.0396. The van der Waals surface area contributed by atoms with Gasteiger partial charge in [0.25, 0.3) is 11.6 Å². The molecular weight excluding hydrogens is 440 g/mol. The first-order valence-electron chi connectivity index (χ1n) is 8.99. The summed E-state index contributed by atoms with van der Waals surface area (Å²) in [7, 11) is 0. The Kier molecular flexibility index (Phi) is 4.61. The van der Waals surface area contributed by atoms with Crippen LogP contribution in [-0.2, 0) is 0 Å². The van der Waals surface area contributed by atoms with Gasteiger partial charge in [-0.25, -0.2) is 4.98 Å². The van der Waals surface area contributed by atoms with Gasteiger partial charge in [0.1, 0.15) is 15.1 Å². The number of halogens is 1. The van der Waals surface area contributed by atoms with Gasteiger partial charge in [0.15, 0.2) is 5.58 Å². The van der Waals surface area contributed by atoms with E-state index in [1.165, 1.54) is 6.07 Å². The Morgan fingerprint density at radius 1 is 1.19 bits per heavy atom. The largest absolute Gasteiger partial charge is 0.436 e. The van der Waals surface area contributed by atoms with Crippen LogP contribution in [0.4, 0.5) is 11.4 Å². The Morgan fingerprint density at radius 3 is 2.84 bits per heavy atom. The van der Waals surface area contributed by atoms with Gasteiger partial charge in [-0.1, -0.05) is 23.7 Å². The second kappa shape index (κ2) is 7.46. The second-order valence-electron chi connectivity index (χ2n) is 6.55. The van der Waals surface area contributed by atoms with Crippen LogP contribution >= 0.6 is 22.9 Å². The van der Waals surface area contributed by atoms with Crippen LogP contribution in [0.5, 0.6) is 0 Å². The maximum absolute atomic E-state index is 12.8. The zero-order valence-electron chi connectivity index (χ0n) is 15.5.